The van der Waals surface area contributed by atoms with Crippen LogP contribution in [0.1, 0.15) is 60.4 Å². The first-order valence-electron chi connectivity index (χ1n) is 11.8. The largest absolute Gasteiger partial charge is 0.417 e. The van der Waals surface area contributed by atoms with Crippen molar-refractivity contribution in [3.63, 3.8) is 0 Å². The van der Waals surface area contributed by atoms with Crippen molar-refractivity contribution >= 4 is 26.9 Å². The fourth-order valence-electron chi connectivity index (χ4n) is 5.47. The number of allylic oxidation sites excluding steroid dienone is 1. The number of H-pyrrole nitrogens is 1. The van der Waals surface area contributed by atoms with E-state index in [9.17, 15) is 26.4 Å². The average Bonchev–Trinajstić information content (AvgIpc) is 3.28. The number of rotatable bonds is 6. The predicted octanol–water partition coefficient (Wildman–Crippen LogP) is 4.44. The fourth-order valence-corrected chi connectivity index (χ4v) is 7.26. The number of ketones is 1. The number of carbonyl (C=O) groups is 1. The zero-order chi connectivity index (χ0) is 27.2. The molecule has 12 heteroatoms. The number of Topliss-reactive ketones (excluding diaryl/α,β-unsaturated/α-hetero) is 1. The minimum absolute atomic E-state index is 0.104. The van der Waals surface area contributed by atoms with Crippen molar-refractivity contribution in [2.24, 2.45) is 10.4 Å². The molecule has 0 bridgehead atoms. The third-order valence-corrected chi connectivity index (χ3v) is 9.22. The van der Waals surface area contributed by atoms with Gasteiger partial charge in [0.15, 0.2) is 10.8 Å². The SMILES string of the molecule is C=CC(=NC)S(=O)(=O)N(C(C)C)[C@H]1CCC2=Cc3[nH]ncc3C[C@]2(C(=O)c2ccc(C(F)(F)F)cn2)C1. The molecule has 0 amide bonds. The summed E-state index contributed by atoms with van der Waals surface area (Å²) >= 11 is 0. The van der Waals surface area contributed by atoms with Crippen molar-refractivity contribution in [3.8, 4) is 0 Å². The molecule has 0 spiro atoms. The maximum atomic E-state index is 14.1. The summed E-state index contributed by atoms with van der Waals surface area (Å²) < 4.78 is 67.7. The normalized spacial score (nSPS) is 22.4. The first-order valence-corrected chi connectivity index (χ1v) is 13.2. The Morgan fingerprint density at radius 1 is 1.32 bits per heavy atom. The van der Waals surface area contributed by atoms with Crippen LogP contribution in [-0.4, -0.2) is 57.9 Å². The molecule has 0 radical (unpaired) electrons. The van der Waals surface area contributed by atoms with Crippen molar-refractivity contribution < 1.29 is 26.4 Å². The van der Waals surface area contributed by atoms with E-state index in [1.165, 1.54) is 17.4 Å². The number of sulfonamides is 1. The van der Waals surface area contributed by atoms with Gasteiger partial charge < -0.3 is 0 Å². The minimum atomic E-state index is -4.58. The van der Waals surface area contributed by atoms with Gasteiger partial charge in [-0.2, -0.15) is 22.6 Å². The molecule has 1 N–H and O–H groups in total. The second-order valence-corrected chi connectivity index (χ2v) is 11.4. The number of pyridine rings is 1. The Morgan fingerprint density at radius 2 is 2.05 bits per heavy atom. The van der Waals surface area contributed by atoms with Gasteiger partial charge >= 0.3 is 6.18 Å². The third-order valence-electron chi connectivity index (χ3n) is 7.07. The summed E-state index contributed by atoms with van der Waals surface area (Å²) in [6.07, 6.45) is 1.95. The van der Waals surface area contributed by atoms with Gasteiger partial charge in [-0.25, -0.2) is 8.42 Å². The molecule has 2 atom stereocenters. The highest BCUT2D eigenvalue weighted by atomic mass is 32.2. The smallest absolute Gasteiger partial charge is 0.291 e. The van der Waals surface area contributed by atoms with Crippen molar-refractivity contribution in [3.05, 3.63) is 65.3 Å². The van der Waals surface area contributed by atoms with E-state index in [4.69, 9.17) is 0 Å². The molecule has 2 heterocycles. The number of hydrogen-bond acceptors (Lipinski definition) is 6. The lowest BCUT2D eigenvalue weighted by molar-refractivity contribution is -0.137. The summed E-state index contributed by atoms with van der Waals surface area (Å²) in [6.45, 7) is 7.08. The highest BCUT2D eigenvalue weighted by Crippen LogP contribution is 2.51. The topological polar surface area (TPSA) is 108 Å². The maximum Gasteiger partial charge on any atom is 0.417 e. The molecule has 2 aromatic rings. The van der Waals surface area contributed by atoms with Crippen LogP contribution in [0.2, 0.25) is 0 Å². The molecule has 0 aliphatic heterocycles. The second kappa shape index (κ2) is 9.64. The van der Waals surface area contributed by atoms with E-state index in [0.717, 1.165) is 29.0 Å². The Hall–Kier alpha value is -3.12. The average molecular weight is 536 g/mol. The molecule has 8 nitrogen and oxygen atoms in total. The molecule has 0 aromatic carbocycles. The lowest BCUT2D eigenvalue weighted by Gasteiger charge is -2.47. The number of alkyl halides is 3. The van der Waals surface area contributed by atoms with Gasteiger partial charge in [0.05, 0.1) is 22.9 Å². The maximum absolute atomic E-state index is 14.1. The molecule has 1 fully saturated rings. The second-order valence-electron chi connectivity index (χ2n) is 9.59. The number of halogens is 3. The molecule has 2 aliphatic carbocycles. The van der Waals surface area contributed by atoms with Crippen LogP contribution in [0, 0.1) is 5.41 Å². The summed E-state index contributed by atoms with van der Waals surface area (Å²) in [6, 6.07) is 0.918. The Labute approximate surface area is 213 Å². The number of aromatic amines is 1. The number of aliphatic imine (C=N–C) groups is 1. The molecule has 2 aliphatic rings. The highest BCUT2D eigenvalue weighted by Gasteiger charge is 2.52. The van der Waals surface area contributed by atoms with Gasteiger partial charge in [0, 0.05) is 25.3 Å². The van der Waals surface area contributed by atoms with Gasteiger partial charge in [-0.1, -0.05) is 12.2 Å². The van der Waals surface area contributed by atoms with E-state index >= 15 is 0 Å². The third kappa shape index (κ3) is 4.68. The van der Waals surface area contributed by atoms with Crippen molar-refractivity contribution in [2.45, 2.75) is 57.8 Å². The Morgan fingerprint density at radius 3 is 2.62 bits per heavy atom. The van der Waals surface area contributed by atoms with Crippen LogP contribution in [-0.2, 0) is 22.6 Å². The van der Waals surface area contributed by atoms with Crippen molar-refractivity contribution in [1.29, 1.82) is 0 Å². The number of aromatic nitrogens is 3. The number of fused-ring (bicyclic) bond motifs is 2. The van der Waals surface area contributed by atoms with E-state index in [-0.39, 0.29) is 23.6 Å². The van der Waals surface area contributed by atoms with Crippen LogP contribution in [0.4, 0.5) is 13.2 Å². The quantitative estimate of drug-likeness (QED) is 0.334. The van der Waals surface area contributed by atoms with E-state index < -0.39 is 45.0 Å². The van der Waals surface area contributed by atoms with Crippen LogP contribution >= 0.6 is 0 Å². The van der Waals surface area contributed by atoms with Crippen LogP contribution in [0.5, 0.6) is 0 Å². The van der Waals surface area contributed by atoms with Crippen molar-refractivity contribution in [1.82, 2.24) is 19.5 Å². The number of nitrogens with one attached hydrogen (secondary N) is 1. The number of carbonyl (C=O) groups excluding carboxylic acids is 1. The molecule has 1 saturated carbocycles. The summed E-state index contributed by atoms with van der Waals surface area (Å²) in [5.74, 6) is -0.446. The molecule has 198 valence electrons. The highest BCUT2D eigenvalue weighted by molar-refractivity contribution is 8.04. The summed E-state index contributed by atoms with van der Waals surface area (Å²) in [5.41, 5.74) is 0.0665. The number of hydrogen-bond donors (Lipinski definition) is 1. The lowest BCUT2D eigenvalue weighted by atomic mass is 9.60. The van der Waals surface area contributed by atoms with Crippen LogP contribution in [0.3, 0.4) is 0 Å². The fraction of sp³-hybridized carbons (Fsp3) is 0.440. The first-order chi connectivity index (χ1) is 17.3. The van der Waals surface area contributed by atoms with Gasteiger partial charge in [0.2, 0.25) is 0 Å². The Kier molecular flexibility index (Phi) is 7.02. The molecule has 0 unspecified atom stereocenters. The van der Waals surface area contributed by atoms with Crippen LogP contribution in [0.25, 0.3) is 6.08 Å². The molecular weight excluding hydrogens is 507 g/mol. The van der Waals surface area contributed by atoms with E-state index in [0.29, 0.717) is 19.0 Å². The lowest BCUT2D eigenvalue weighted by Crippen LogP contribution is -2.53. The Bertz CT molecular complexity index is 1380. The Balaban J connectivity index is 1.80. The monoisotopic (exact) mass is 535 g/mol. The van der Waals surface area contributed by atoms with Gasteiger partial charge in [0.25, 0.3) is 10.0 Å². The van der Waals surface area contributed by atoms with Gasteiger partial charge in [0.1, 0.15) is 5.69 Å². The van der Waals surface area contributed by atoms with Gasteiger partial charge in [-0.3, -0.25) is 19.9 Å². The van der Waals surface area contributed by atoms with Crippen LogP contribution in [0.15, 0.2) is 47.7 Å². The molecule has 0 saturated heterocycles. The zero-order valence-electron chi connectivity index (χ0n) is 20.7. The number of nitrogens with zero attached hydrogens (tertiary/aromatic N) is 4. The zero-order valence-corrected chi connectivity index (χ0v) is 21.5. The van der Waals surface area contributed by atoms with E-state index in [2.05, 4.69) is 26.8 Å². The summed E-state index contributed by atoms with van der Waals surface area (Å²) in [4.78, 5) is 21.8. The predicted molar refractivity (Wildman–Crippen MR) is 133 cm³/mol. The molecule has 2 aromatic heterocycles. The molecule has 37 heavy (non-hydrogen) atoms. The summed E-state index contributed by atoms with van der Waals surface area (Å²) in [5, 5.41) is 6.81. The van der Waals surface area contributed by atoms with Gasteiger partial charge in [-0.15, -0.1) is 0 Å². The van der Waals surface area contributed by atoms with Crippen molar-refractivity contribution in [2.75, 3.05) is 7.05 Å². The molecular formula is C25H28F3N5O3S. The minimum Gasteiger partial charge on any atom is -0.291 e. The standard InChI is InChI=1S/C25H28F3N5O3S/c1-5-22(29-4)37(35,36)33(15(2)3)19-8-6-17-10-21-16(13-31-32-21)11-24(17,12-19)23(34)20-9-7-18(14-30-20)25(26,27)28/h5,7,9-10,13-15,19H,1,6,8,11-12H2,2-4H3,(H,31,32)/t19-,24-/m0/s1. The summed E-state index contributed by atoms with van der Waals surface area (Å²) in [7, 11) is -2.64. The van der Waals surface area contributed by atoms with Gasteiger partial charge in [-0.05, 0) is 69.4 Å². The van der Waals surface area contributed by atoms with E-state index in [1.807, 2.05) is 6.08 Å². The van der Waals surface area contributed by atoms with Crippen LogP contribution < -0.4 is 0 Å². The first kappa shape index (κ1) is 26.9. The van der Waals surface area contributed by atoms with E-state index in [1.54, 1.807) is 20.0 Å². The molecule has 4 rings (SSSR count).